The fourth-order valence-corrected chi connectivity index (χ4v) is 2.39. The first-order chi connectivity index (χ1) is 9.54. The highest BCUT2D eigenvalue weighted by Crippen LogP contribution is 2.37. The topological polar surface area (TPSA) is 60.1 Å². The SMILES string of the molecule is Cc1ccc(C)c(NC(=O)c2cc(N)cn2C2CC2)c1. The number of hydrogen-bond acceptors (Lipinski definition) is 2. The average Bonchev–Trinajstić information content (AvgIpc) is 3.17. The third kappa shape index (κ3) is 2.41. The van der Waals surface area contributed by atoms with E-state index in [1.807, 2.05) is 42.8 Å². The summed E-state index contributed by atoms with van der Waals surface area (Å²) in [7, 11) is 0. The summed E-state index contributed by atoms with van der Waals surface area (Å²) in [5, 5.41) is 2.99. The molecule has 4 heteroatoms. The van der Waals surface area contributed by atoms with Gasteiger partial charge in [-0.15, -0.1) is 0 Å². The van der Waals surface area contributed by atoms with Crippen molar-refractivity contribution in [3.05, 3.63) is 47.3 Å². The maximum Gasteiger partial charge on any atom is 0.272 e. The van der Waals surface area contributed by atoms with Gasteiger partial charge >= 0.3 is 0 Å². The van der Waals surface area contributed by atoms with E-state index in [0.29, 0.717) is 17.4 Å². The predicted octanol–water partition coefficient (Wildman–Crippen LogP) is 3.27. The normalized spacial score (nSPS) is 14.3. The van der Waals surface area contributed by atoms with Gasteiger partial charge in [-0.1, -0.05) is 12.1 Å². The maximum absolute atomic E-state index is 12.5. The summed E-state index contributed by atoms with van der Waals surface area (Å²) in [5.74, 6) is -0.0951. The van der Waals surface area contributed by atoms with Crippen molar-refractivity contribution < 1.29 is 4.79 Å². The minimum atomic E-state index is -0.0951. The lowest BCUT2D eigenvalue weighted by atomic mass is 10.1. The Bertz CT molecular complexity index is 668. The summed E-state index contributed by atoms with van der Waals surface area (Å²) in [4.78, 5) is 12.5. The van der Waals surface area contributed by atoms with E-state index in [1.54, 1.807) is 6.07 Å². The molecule has 1 aliphatic carbocycles. The molecule has 20 heavy (non-hydrogen) atoms. The minimum absolute atomic E-state index is 0.0951. The van der Waals surface area contributed by atoms with E-state index in [-0.39, 0.29) is 5.91 Å². The third-order valence-corrected chi connectivity index (χ3v) is 3.68. The second kappa shape index (κ2) is 4.71. The molecule has 1 aliphatic rings. The van der Waals surface area contributed by atoms with Crippen molar-refractivity contribution in [2.75, 3.05) is 11.1 Å². The molecule has 1 aromatic carbocycles. The van der Waals surface area contributed by atoms with Crippen molar-refractivity contribution in [3.8, 4) is 0 Å². The number of aromatic nitrogens is 1. The number of nitrogens with one attached hydrogen (secondary N) is 1. The summed E-state index contributed by atoms with van der Waals surface area (Å²) in [6.45, 7) is 4.00. The van der Waals surface area contributed by atoms with Crippen LogP contribution in [0.4, 0.5) is 11.4 Å². The lowest BCUT2D eigenvalue weighted by Gasteiger charge is -2.11. The number of rotatable bonds is 3. The number of benzene rings is 1. The van der Waals surface area contributed by atoms with Crippen LogP contribution in [0.3, 0.4) is 0 Å². The summed E-state index contributed by atoms with van der Waals surface area (Å²) in [5.41, 5.74) is 10.2. The Morgan fingerprint density at radius 3 is 2.75 bits per heavy atom. The van der Waals surface area contributed by atoms with Crippen molar-refractivity contribution in [2.24, 2.45) is 0 Å². The molecule has 3 N–H and O–H groups in total. The Morgan fingerprint density at radius 2 is 2.05 bits per heavy atom. The molecule has 1 fully saturated rings. The molecule has 0 spiro atoms. The largest absolute Gasteiger partial charge is 0.397 e. The molecule has 1 saturated carbocycles. The lowest BCUT2D eigenvalue weighted by Crippen LogP contribution is -2.17. The van der Waals surface area contributed by atoms with Crippen LogP contribution in [-0.4, -0.2) is 10.5 Å². The fourth-order valence-electron chi connectivity index (χ4n) is 2.39. The summed E-state index contributed by atoms with van der Waals surface area (Å²) in [6, 6.07) is 8.22. The van der Waals surface area contributed by atoms with Crippen molar-refractivity contribution in [1.29, 1.82) is 0 Å². The number of amides is 1. The fraction of sp³-hybridized carbons (Fsp3) is 0.312. The van der Waals surface area contributed by atoms with E-state index in [2.05, 4.69) is 5.32 Å². The Morgan fingerprint density at radius 1 is 1.30 bits per heavy atom. The van der Waals surface area contributed by atoms with Crippen LogP contribution in [0.2, 0.25) is 0 Å². The van der Waals surface area contributed by atoms with E-state index in [1.165, 1.54) is 0 Å². The number of hydrogen-bond donors (Lipinski definition) is 2. The maximum atomic E-state index is 12.5. The van der Waals surface area contributed by atoms with Gasteiger partial charge < -0.3 is 15.6 Å². The van der Waals surface area contributed by atoms with Crippen molar-refractivity contribution in [3.63, 3.8) is 0 Å². The van der Waals surface area contributed by atoms with E-state index in [9.17, 15) is 4.79 Å². The predicted molar refractivity (Wildman–Crippen MR) is 81.0 cm³/mol. The van der Waals surface area contributed by atoms with Crippen LogP contribution < -0.4 is 11.1 Å². The first kappa shape index (κ1) is 12.8. The zero-order valence-corrected chi connectivity index (χ0v) is 11.8. The monoisotopic (exact) mass is 269 g/mol. The van der Waals surface area contributed by atoms with Crippen LogP contribution in [0, 0.1) is 13.8 Å². The quantitative estimate of drug-likeness (QED) is 0.898. The molecule has 3 rings (SSSR count). The first-order valence-electron chi connectivity index (χ1n) is 6.90. The number of carbonyl (C=O) groups excluding carboxylic acids is 1. The Labute approximate surface area is 118 Å². The van der Waals surface area contributed by atoms with Crippen LogP contribution in [-0.2, 0) is 0 Å². The molecule has 1 heterocycles. The van der Waals surface area contributed by atoms with Crippen LogP contribution in [0.1, 0.15) is 40.5 Å². The van der Waals surface area contributed by atoms with Gasteiger partial charge in [0, 0.05) is 17.9 Å². The Kier molecular flexibility index (Phi) is 3.01. The molecule has 0 saturated heterocycles. The van der Waals surface area contributed by atoms with Gasteiger partial charge in [-0.25, -0.2) is 0 Å². The zero-order chi connectivity index (χ0) is 14.3. The number of carbonyl (C=O) groups is 1. The Hall–Kier alpha value is -2.23. The molecule has 0 atom stereocenters. The van der Waals surface area contributed by atoms with E-state index >= 15 is 0 Å². The highest BCUT2D eigenvalue weighted by atomic mass is 16.2. The van der Waals surface area contributed by atoms with Gasteiger partial charge in [-0.2, -0.15) is 0 Å². The van der Waals surface area contributed by atoms with Crippen molar-refractivity contribution >= 4 is 17.3 Å². The van der Waals surface area contributed by atoms with E-state index in [0.717, 1.165) is 29.7 Å². The highest BCUT2D eigenvalue weighted by molar-refractivity contribution is 6.04. The van der Waals surface area contributed by atoms with E-state index in [4.69, 9.17) is 5.73 Å². The standard InChI is InChI=1S/C16H19N3O/c1-10-3-4-11(2)14(7-10)18-16(20)15-8-12(17)9-19(15)13-5-6-13/h3-4,7-9,13H,5-6,17H2,1-2H3,(H,18,20). The van der Waals surface area contributed by atoms with Crippen LogP contribution >= 0.6 is 0 Å². The molecule has 0 unspecified atom stereocenters. The minimum Gasteiger partial charge on any atom is -0.397 e. The molecule has 0 radical (unpaired) electrons. The Balaban J connectivity index is 1.87. The lowest BCUT2D eigenvalue weighted by molar-refractivity contribution is 0.101. The summed E-state index contributed by atoms with van der Waals surface area (Å²) >= 11 is 0. The molecule has 0 bridgehead atoms. The molecular weight excluding hydrogens is 250 g/mol. The zero-order valence-electron chi connectivity index (χ0n) is 11.8. The van der Waals surface area contributed by atoms with Crippen molar-refractivity contribution in [1.82, 2.24) is 4.57 Å². The second-order valence-electron chi connectivity index (χ2n) is 5.57. The molecule has 104 valence electrons. The van der Waals surface area contributed by atoms with Crippen LogP contribution in [0.25, 0.3) is 0 Å². The van der Waals surface area contributed by atoms with Gasteiger partial charge in [0.25, 0.3) is 5.91 Å². The second-order valence-corrected chi connectivity index (χ2v) is 5.57. The molecule has 1 amide bonds. The van der Waals surface area contributed by atoms with Gasteiger partial charge in [0.15, 0.2) is 0 Å². The molecule has 1 aromatic heterocycles. The number of nitrogen functional groups attached to an aromatic ring is 1. The molecule has 2 aromatic rings. The average molecular weight is 269 g/mol. The van der Waals surface area contributed by atoms with Crippen LogP contribution in [0.15, 0.2) is 30.5 Å². The van der Waals surface area contributed by atoms with Gasteiger partial charge in [0.2, 0.25) is 0 Å². The summed E-state index contributed by atoms with van der Waals surface area (Å²) in [6.07, 6.45) is 4.10. The molecular formula is C16H19N3O. The number of aryl methyl sites for hydroxylation is 2. The van der Waals surface area contributed by atoms with Gasteiger partial charge in [-0.3, -0.25) is 4.79 Å². The third-order valence-electron chi connectivity index (χ3n) is 3.68. The molecule has 4 nitrogen and oxygen atoms in total. The van der Waals surface area contributed by atoms with Crippen LogP contribution in [0.5, 0.6) is 0 Å². The van der Waals surface area contributed by atoms with Gasteiger partial charge in [-0.05, 0) is 49.9 Å². The van der Waals surface area contributed by atoms with Gasteiger partial charge in [0.05, 0.1) is 5.69 Å². The summed E-state index contributed by atoms with van der Waals surface area (Å²) < 4.78 is 2.00. The van der Waals surface area contributed by atoms with Crippen molar-refractivity contribution in [2.45, 2.75) is 32.7 Å². The number of anilines is 2. The first-order valence-corrected chi connectivity index (χ1v) is 6.90. The molecule has 0 aliphatic heterocycles. The highest BCUT2D eigenvalue weighted by Gasteiger charge is 2.27. The van der Waals surface area contributed by atoms with Gasteiger partial charge in [0.1, 0.15) is 5.69 Å². The van der Waals surface area contributed by atoms with E-state index < -0.39 is 0 Å². The smallest absolute Gasteiger partial charge is 0.272 e. The number of nitrogens with two attached hydrogens (primary N) is 1. The number of nitrogens with zero attached hydrogens (tertiary/aromatic N) is 1.